The van der Waals surface area contributed by atoms with Crippen LogP contribution in [0.4, 0.5) is 0 Å². The zero-order valence-corrected chi connectivity index (χ0v) is 17.1. The van der Waals surface area contributed by atoms with Crippen LogP contribution >= 0.6 is 11.3 Å². The Morgan fingerprint density at radius 2 is 2.00 bits per heavy atom. The van der Waals surface area contributed by atoms with Crippen LogP contribution in [-0.4, -0.2) is 45.8 Å². The van der Waals surface area contributed by atoms with Gasteiger partial charge in [-0.1, -0.05) is 24.3 Å². The smallest absolute Gasteiger partial charge is 0.357 e. The fraction of sp³-hybridized carbons (Fsp3) is 0.318. The SMILES string of the molecule is CC1CCCCN1C(=O)COC(=O)c1cc(-c2cccs2)nn1-c1ccccc1. The molecule has 0 radical (unpaired) electrons. The van der Waals surface area contributed by atoms with Crippen molar-refractivity contribution < 1.29 is 14.3 Å². The van der Waals surface area contributed by atoms with E-state index in [1.165, 1.54) is 0 Å². The van der Waals surface area contributed by atoms with Gasteiger partial charge in [0.05, 0.1) is 10.6 Å². The minimum absolute atomic E-state index is 0.144. The topological polar surface area (TPSA) is 64.4 Å². The van der Waals surface area contributed by atoms with E-state index in [0.29, 0.717) is 11.4 Å². The second kappa shape index (κ2) is 8.61. The lowest BCUT2D eigenvalue weighted by molar-refractivity contribution is -0.137. The number of likely N-dealkylation sites (tertiary alicyclic amines) is 1. The summed E-state index contributed by atoms with van der Waals surface area (Å²) in [5.74, 6) is -0.697. The molecule has 1 atom stereocenters. The zero-order chi connectivity index (χ0) is 20.2. The highest BCUT2D eigenvalue weighted by Crippen LogP contribution is 2.26. The molecule has 0 N–H and O–H groups in total. The summed E-state index contributed by atoms with van der Waals surface area (Å²) in [6, 6.07) is 15.2. The van der Waals surface area contributed by atoms with Gasteiger partial charge in [0.15, 0.2) is 12.3 Å². The number of benzene rings is 1. The molecule has 1 aliphatic heterocycles. The molecule has 0 saturated carbocycles. The summed E-state index contributed by atoms with van der Waals surface area (Å²) >= 11 is 1.55. The fourth-order valence-corrected chi connectivity index (χ4v) is 4.27. The van der Waals surface area contributed by atoms with Crippen LogP contribution in [-0.2, 0) is 9.53 Å². The maximum atomic E-state index is 12.8. The van der Waals surface area contributed by atoms with Crippen molar-refractivity contribution in [2.45, 2.75) is 32.2 Å². The second-order valence-electron chi connectivity index (χ2n) is 7.15. The minimum Gasteiger partial charge on any atom is -0.451 e. The number of hydrogen-bond donors (Lipinski definition) is 0. The number of piperidine rings is 1. The van der Waals surface area contributed by atoms with Gasteiger partial charge in [0, 0.05) is 18.7 Å². The summed E-state index contributed by atoms with van der Waals surface area (Å²) in [5, 5.41) is 6.57. The van der Waals surface area contributed by atoms with Gasteiger partial charge in [0.2, 0.25) is 0 Å². The van der Waals surface area contributed by atoms with E-state index < -0.39 is 5.97 Å². The summed E-state index contributed by atoms with van der Waals surface area (Å²) in [4.78, 5) is 28.1. The van der Waals surface area contributed by atoms with Crippen LogP contribution in [0.15, 0.2) is 53.9 Å². The quantitative estimate of drug-likeness (QED) is 0.594. The Morgan fingerprint density at radius 1 is 1.17 bits per heavy atom. The number of carbonyl (C=O) groups excluding carboxylic acids is 2. The number of rotatable bonds is 5. The third-order valence-corrected chi connectivity index (χ3v) is 6.04. The molecule has 1 saturated heterocycles. The van der Waals surface area contributed by atoms with E-state index in [4.69, 9.17) is 4.74 Å². The molecule has 0 aliphatic carbocycles. The third kappa shape index (κ3) is 4.24. The van der Waals surface area contributed by atoms with Crippen molar-refractivity contribution in [3.8, 4) is 16.3 Å². The first-order valence-corrected chi connectivity index (χ1v) is 10.7. The first-order chi connectivity index (χ1) is 14.1. The van der Waals surface area contributed by atoms with Gasteiger partial charge in [-0.2, -0.15) is 5.10 Å². The minimum atomic E-state index is -0.554. The number of hydrogen-bond acceptors (Lipinski definition) is 5. The number of ether oxygens (including phenoxy) is 1. The standard InChI is InChI=1S/C22H23N3O3S/c1-16-8-5-6-12-24(16)21(26)15-28-22(27)19-14-18(20-11-7-13-29-20)23-25(19)17-9-3-2-4-10-17/h2-4,7,9-11,13-14,16H,5-6,8,12,15H2,1H3. The number of aromatic nitrogens is 2. The highest BCUT2D eigenvalue weighted by atomic mass is 32.1. The molecular weight excluding hydrogens is 386 g/mol. The predicted molar refractivity (Wildman–Crippen MR) is 112 cm³/mol. The van der Waals surface area contributed by atoms with Crippen LogP contribution < -0.4 is 0 Å². The van der Waals surface area contributed by atoms with Gasteiger partial charge in [-0.15, -0.1) is 11.3 Å². The molecule has 7 heteroatoms. The van der Waals surface area contributed by atoms with E-state index in [0.717, 1.165) is 36.4 Å². The van der Waals surface area contributed by atoms with Crippen molar-refractivity contribution in [2.24, 2.45) is 0 Å². The molecule has 3 aromatic rings. The molecule has 6 nitrogen and oxygen atoms in total. The Labute approximate surface area is 173 Å². The molecule has 1 fully saturated rings. The summed E-state index contributed by atoms with van der Waals surface area (Å²) in [6.45, 7) is 2.51. The first-order valence-electron chi connectivity index (χ1n) is 9.79. The fourth-order valence-electron chi connectivity index (χ4n) is 3.59. The molecule has 29 heavy (non-hydrogen) atoms. The highest BCUT2D eigenvalue weighted by molar-refractivity contribution is 7.13. The third-order valence-electron chi connectivity index (χ3n) is 5.14. The van der Waals surface area contributed by atoms with Gasteiger partial charge < -0.3 is 9.64 Å². The van der Waals surface area contributed by atoms with Crippen LogP contribution in [0.5, 0.6) is 0 Å². The molecule has 1 amide bonds. The van der Waals surface area contributed by atoms with Gasteiger partial charge in [-0.25, -0.2) is 9.48 Å². The van der Waals surface area contributed by atoms with Crippen molar-refractivity contribution in [3.05, 3.63) is 59.6 Å². The van der Waals surface area contributed by atoms with Crippen LogP contribution in [0.25, 0.3) is 16.3 Å². The average molecular weight is 410 g/mol. The van der Waals surface area contributed by atoms with Crippen molar-refractivity contribution in [2.75, 3.05) is 13.2 Å². The maximum Gasteiger partial charge on any atom is 0.357 e. The summed E-state index contributed by atoms with van der Waals surface area (Å²) in [5.41, 5.74) is 1.77. The highest BCUT2D eigenvalue weighted by Gasteiger charge is 2.25. The average Bonchev–Trinajstić information content (AvgIpc) is 3.42. The Kier molecular flexibility index (Phi) is 5.76. The number of nitrogens with zero attached hydrogens (tertiary/aromatic N) is 3. The number of carbonyl (C=O) groups is 2. The van der Waals surface area contributed by atoms with Crippen molar-refractivity contribution in [3.63, 3.8) is 0 Å². The zero-order valence-electron chi connectivity index (χ0n) is 16.3. The molecule has 0 spiro atoms. The molecule has 1 unspecified atom stereocenters. The molecule has 4 rings (SSSR count). The van der Waals surface area contributed by atoms with E-state index in [9.17, 15) is 9.59 Å². The molecule has 2 aromatic heterocycles. The largest absolute Gasteiger partial charge is 0.451 e. The van der Waals surface area contributed by atoms with Gasteiger partial charge in [-0.05, 0) is 49.8 Å². The van der Waals surface area contributed by atoms with Crippen molar-refractivity contribution in [1.29, 1.82) is 0 Å². The number of esters is 1. The lowest BCUT2D eigenvalue weighted by atomic mass is 10.0. The second-order valence-corrected chi connectivity index (χ2v) is 8.10. The summed E-state index contributed by atoms with van der Waals surface area (Å²) in [6.07, 6.45) is 3.12. The lowest BCUT2D eigenvalue weighted by Crippen LogP contribution is -2.44. The molecule has 3 heterocycles. The van der Waals surface area contributed by atoms with Gasteiger partial charge in [0.25, 0.3) is 5.91 Å². The van der Waals surface area contributed by atoms with E-state index in [1.54, 1.807) is 22.1 Å². The predicted octanol–water partition coefficient (Wildman–Crippen LogP) is 4.16. The maximum absolute atomic E-state index is 12.8. The Hall–Kier alpha value is -2.93. The van der Waals surface area contributed by atoms with E-state index in [1.807, 2.05) is 59.7 Å². The van der Waals surface area contributed by atoms with E-state index in [-0.39, 0.29) is 18.6 Å². The Balaban J connectivity index is 1.55. The van der Waals surface area contributed by atoms with Crippen LogP contribution in [0.1, 0.15) is 36.7 Å². The molecule has 1 aliphatic rings. The lowest BCUT2D eigenvalue weighted by Gasteiger charge is -2.33. The van der Waals surface area contributed by atoms with Crippen LogP contribution in [0.3, 0.4) is 0 Å². The normalized spacial score (nSPS) is 16.6. The van der Waals surface area contributed by atoms with Crippen molar-refractivity contribution in [1.82, 2.24) is 14.7 Å². The van der Waals surface area contributed by atoms with Gasteiger partial charge >= 0.3 is 5.97 Å². The van der Waals surface area contributed by atoms with Crippen LogP contribution in [0.2, 0.25) is 0 Å². The van der Waals surface area contributed by atoms with Gasteiger partial charge in [0.1, 0.15) is 5.69 Å². The Bertz CT molecular complexity index is 982. The van der Waals surface area contributed by atoms with Crippen LogP contribution in [0, 0.1) is 0 Å². The monoisotopic (exact) mass is 409 g/mol. The number of para-hydroxylation sites is 1. The number of thiophene rings is 1. The van der Waals surface area contributed by atoms with E-state index >= 15 is 0 Å². The Morgan fingerprint density at radius 3 is 2.72 bits per heavy atom. The molecule has 0 bridgehead atoms. The molecule has 1 aromatic carbocycles. The first kappa shape index (κ1) is 19.4. The molecule has 150 valence electrons. The molecular formula is C22H23N3O3S. The number of amides is 1. The van der Waals surface area contributed by atoms with Crippen molar-refractivity contribution >= 4 is 23.2 Å². The summed E-state index contributed by atoms with van der Waals surface area (Å²) in [7, 11) is 0. The van der Waals surface area contributed by atoms with Gasteiger partial charge in [-0.3, -0.25) is 4.79 Å². The van der Waals surface area contributed by atoms with E-state index in [2.05, 4.69) is 5.10 Å². The summed E-state index contributed by atoms with van der Waals surface area (Å²) < 4.78 is 6.97.